The largest absolute Gasteiger partial charge is 0.477 e. The van der Waals surface area contributed by atoms with E-state index in [1.165, 1.54) is 10.8 Å². The summed E-state index contributed by atoms with van der Waals surface area (Å²) in [6, 6.07) is 0.626. The second-order valence-electron chi connectivity index (χ2n) is 8.21. The minimum atomic E-state index is -1.41. The lowest BCUT2D eigenvalue weighted by atomic mass is 9.89. The van der Waals surface area contributed by atoms with Crippen LogP contribution in [-0.4, -0.2) is 34.8 Å². The summed E-state index contributed by atoms with van der Waals surface area (Å²) >= 11 is 0. The highest BCUT2D eigenvalue weighted by molar-refractivity contribution is 5.94. The number of carboxylic acids is 1. The SMILES string of the molecule is CC1(C)CN(c2c(F)cc3c(=O)c(C(=O)O)cn(C4CC4)c3c2F)CC1N. The first-order valence-corrected chi connectivity index (χ1v) is 8.92. The van der Waals surface area contributed by atoms with Gasteiger partial charge in [0.05, 0.1) is 10.9 Å². The van der Waals surface area contributed by atoms with E-state index < -0.39 is 28.6 Å². The number of hydrogen-bond acceptors (Lipinski definition) is 4. The Morgan fingerprint density at radius 2 is 2.00 bits per heavy atom. The fraction of sp³-hybridized carbons (Fsp3) is 0.474. The van der Waals surface area contributed by atoms with Crippen LogP contribution in [0, 0.1) is 17.0 Å². The molecule has 1 saturated carbocycles. The summed E-state index contributed by atoms with van der Waals surface area (Å²) in [6.07, 6.45) is 2.69. The number of halogens is 2. The molecule has 1 unspecified atom stereocenters. The van der Waals surface area contributed by atoms with Crippen LogP contribution in [0.25, 0.3) is 10.9 Å². The molecule has 2 heterocycles. The lowest BCUT2D eigenvalue weighted by Crippen LogP contribution is -2.35. The molecule has 6 nitrogen and oxygen atoms in total. The van der Waals surface area contributed by atoms with Crippen molar-refractivity contribution in [1.29, 1.82) is 0 Å². The molecular weight excluding hydrogens is 356 g/mol. The Morgan fingerprint density at radius 1 is 1.33 bits per heavy atom. The molecule has 1 atom stereocenters. The third-order valence-electron chi connectivity index (χ3n) is 5.69. The quantitative estimate of drug-likeness (QED) is 0.858. The van der Waals surface area contributed by atoms with Crippen LogP contribution in [0.2, 0.25) is 0 Å². The molecule has 0 spiro atoms. The first-order chi connectivity index (χ1) is 12.6. The molecule has 0 bridgehead atoms. The number of rotatable bonds is 3. The molecular formula is C19H21F2N3O3. The summed E-state index contributed by atoms with van der Waals surface area (Å²) in [5.41, 5.74) is 4.20. The van der Waals surface area contributed by atoms with Crippen molar-refractivity contribution in [2.75, 3.05) is 18.0 Å². The molecule has 0 amide bonds. The number of nitrogens with two attached hydrogens (primary N) is 1. The number of fused-ring (bicyclic) bond motifs is 1. The molecule has 0 radical (unpaired) electrons. The Morgan fingerprint density at radius 3 is 2.52 bits per heavy atom. The standard InChI is InChI=1S/C19H21F2N3O3/c1-19(2)8-23(7-13(19)22)16-12(20)5-10-15(14(16)21)24(9-3-4-9)6-11(17(10)25)18(26)27/h5-6,9,13H,3-4,7-8,22H2,1-2H3,(H,26,27). The van der Waals surface area contributed by atoms with Crippen LogP contribution >= 0.6 is 0 Å². The molecule has 2 aliphatic rings. The fourth-order valence-corrected chi connectivity index (χ4v) is 3.84. The molecule has 2 fully saturated rings. The number of carbonyl (C=O) groups is 1. The minimum Gasteiger partial charge on any atom is -0.477 e. The molecule has 2 aromatic rings. The normalized spacial score (nSPS) is 21.8. The van der Waals surface area contributed by atoms with E-state index in [0.717, 1.165) is 18.9 Å². The van der Waals surface area contributed by atoms with Crippen molar-refractivity contribution in [2.45, 2.75) is 38.8 Å². The smallest absolute Gasteiger partial charge is 0.341 e. The van der Waals surface area contributed by atoms with Gasteiger partial charge in [-0.15, -0.1) is 0 Å². The van der Waals surface area contributed by atoms with E-state index in [1.807, 2.05) is 13.8 Å². The molecule has 4 rings (SSSR count). The molecule has 1 aliphatic heterocycles. The highest BCUT2D eigenvalue weighted by atomic mass is 19.1. The van der Waals surface area contributed by atoms with Gasteiger partial charge in [-0.3, -0.25) is 4.79 Å². The third-order valence-corrected chi connectivity index (χ3v) is 5.69. The number of carboxylic acid groups (broad SMARTS) is 1. The van der Waals surface area contributed by atoms with Crippen LogP contribution in [-0.2, 0) is 0 Å². The number of benzene rings is 1. The van der Waals surface area contributed by atoms with Crippen molar-refractivity contribution in [1.82, 2.24) is 4.57 Å². The van der Waals surface area contributed by atoms with Crippen molar-refractivity contribution in [3.8, 4) is 0 Å². The van der Waals surface area contributed by atoms with Gasteiger partial charge in [0, 0.05) is 31.4 Å². The molecule has 8 heteroatoms. The predicted octanol–water partition coefficient (Wildman–Crippen LogP) is 2.49. The predicted molar refractivity (Wildman–Crippen MR) is 97.3 cm³/mol. The van der Waals surface area contributed by atoms with E-state index in [4.69, 9.17) is 5.73 Å². The average molecular weight is 377 g/mol. The van der Waals surface area contributed by atoms with Crippen molar-refractivity contribution < 1.29 is 18.7 Å². The summed E-state index contributed by atoms with van der Waals surface area (Å²) in [5.74, 6) is -3.13. The van der Waals surface area contributed by atoms with Gasteiger partial charge >= 0.3 is 5.97 Å². The van der Waals surface area contributed by atoms with E-state index >= 15 is 4.39 Å². The van der Waals surface area contributed by atoms with Gasteiger partial charge < -0.3 is 20.3 Å². The highest BCUT2D eigenvalue weighted by Gasteiger charge is 2.40. The third kappa shape index (κ3) is 2.70. The molecule has 1 aromatic carbocycles. The van der Waals surface area contributed by atoms with Crippen molar-refractivity contribution in [2.24, 2.45) is 11.1 Å². The topological polar surface area (TPSA) is 88.6 Å². The van der Waals surface area contributed by atoms with Crippen LogP contribution in [0.15, 0.2) is 17.1 Å². The van der Waals surface area contributed by atoms with Gasteiger partial charge in [0.25, 0.3) is 0 Å². The van der Waals surface area contributed by atoms with Crippen molar-refractivity contribution in [3.63, 3.8) is 0 Å². The Hall–Kier alpha value is -2.48. The number of nitrogens with zero attached hydrogens (tertiary/aromatic N) is 2. The molecule has 1 saturated heterocycles. The maximum atomic E-state index is 15.5. The molecule has 1 aliphatic carbocycles. The van der Waals surface area contributed by atoms with E-state index in [0.29, 0.717) is 13.1 Å². The summed E-state index contributed by atoms with van der Waals surface area (Å²) < 4.78 is 31.8. The van der Waals surface area contributed by atoms with Gasteiger partial charge in [0.15, 0.2) is 5.82 Å². The van der Waals surface area contributed by atoms with Gasteiger partial charge in [-0.25, -0.2) is 13.6 Å². The van der Waals surface area contributed by atoms with Crippen molar-refractivity contribution >= 4 is 22.6 Å². The van der Waals surface area contributed by atoms with Crippen LogP contribution in [0.5, 0.6) is 0 Å². The second kappa shape index (κ2) is 5.76. The van der Waals surface area contributed by atoms with Gasteiger partial charge in [-0.05, 0) is 24.3 Å². The monoisotopic (exact) mass is 377 g/mol. The number of hydrogen-bond donors (Lipinski definition) is 2. The Bertz CT molecular complexity index is 1030. The Labute approximate surface area is 154 Å². The minimum absolute atomic E-state index is 0.0397. The van der Waals surface area contributed by atoms with Gasteiger partial charge in [-0.2, -0.15) is 0 Å². The molecule has 144 valence electrons. The maximum Gasteiger partial charge on any atom is 0.341 e. The Kier molecular flexibility index (Phi) is 3.82. The number of anilines is 1. The van der Waals surface area contributed by atoms with E-state index in [9.17, 15) is 19.1 Å². The van der Waals surface area contributed by atoms with Gasteiger partial charge in [0.1, 0.15) is 17.1 Å². The zero-order chi connectivity index (χ0) is 19.7. The van der Waals surface area contributed by atoms with Crippen molar-refractivity contribution in [3.05, 3.63) is 39.7 Å². The van der Waals surface area contributed by atoms with E-state index in [1.54, 1.807) is 4.90 Å². The number of pyridine rings is 1. The van der Waals surface area contributed by atoms with Gasteiger partial charge in [0.2, 0.25) is 5.43 Å². The zero-order valence-electron chi connectivity index (χ0n) is 15.1. The van der Waals surface area contributed by atoms with Crippen LogP contribution in [0.3, 0.4) is 0 Å². The fourth-order valence-electron chi connectivity index (χ4n) is 3.84. The summed E-state index contributed by atoms with van der Waals surface area (Å²) in [5, 5.41) is 9.03. The number of aromatic nitrogens is 1. The summed E-state index contributed by atoms with van der Waals surface area (Å²) in [6.45, 7) is 4.56. The first kappa shape index (κ1) is 17.9. The second-order valence-corrected chi connectivity index (χ2v) is 8.21. The van der Waals surface area contributed by atoms with Gasteiger partial charge in [-0.1, -0.05) is 13.8 Å². The van der Waals surface area contributed by atoms with Crippen LogP contribution < -0.4 is 16.1 Å². The van der Waals surface area contributed by atoms with E-state index in [2.05, 4.69) is 0 Å². The van der Waals surface area contributed by atoms with E-state index in [-0.39, 0.29) is 34.1 Å². The lowest BCUT2D eigenvalue weighted by molar-refractivity contribution is 0.0695. The summed E-state index contributed by atoms with van der Waals surface area (Å²) in [7, 11) is 0. The lowest BCUT2D eigenvalue weighted by Gasteiger charge is -2.24. The molecule has 27 heavy (non-hydrogen) atoms. The average Bonchev–Trinajstić information content (AvgIpc) is 3.35. The first-order valence-electron chi connectivity index (χ1n) is 8.92. The Balaban J connectivity index is 1.99. The van der Waals surface area contributed by atoms with Crippen LogP contribution in [0.1, 0.15) is 43.1 Å². The number of aromatic carboxylic acids is 1. The zero-order valence-corrected chi connectivity index (χ0v) is 15.1. The van der Waals surface area contributed by atoms with Crippen LogP contribution in [0.4, 0.5) is 14.5 Å². The maximum absolute atomic E-state index is 15.5. The molecule has 1 aromatic heterocycles. The highest BCUT2D eigenvalue weighted by Crippen LogP contribution is 2.41. The summed E-state index contributed by atoms with van der Waals surface area (Å²) in [4.78, 5) is 25.5. The molecule has 3 N–H and O–H groups in total.